The Morgan fingerprint density at radius 2 is 2.00 bits per heavy atom. The van der Waals surface area contributed by atoms with E-state index in [1.807, 2.05) is 42.6 Å². The van der Waals surface area contributed by atoms with Crippen molar-refractivity contribution in [3.63, 3.8) is 0 Å². The van der Waals surface area contributed by atoms with Gasteiger partial charge in [-0.05, 0) is 91.8 Å². The summed E-state index contributed by atoms with van der Waals surface area (Å²) in [5.74, 6) is 7.34. The number of nitrogens with zero attached hydrogens (tertiary/aromatic N) is 2. The van der Waals surface area contributed by atoms with Gasteiger partial charge in [-0.15, -0.1) is 0 Å². The number of hydrogen-bond acceptors (Lipinski definition) is 3. The monoisotopic (exact) mass is 439 g/mol. The highest BCUT2D eigenvalue weighted by Crippen LogP contribution is 2.23. The maximum atomic E-state index is 6.07. The van der Waals surface area contributed by atoms with Gasteiger partial charge in [0.2, 0.25) is 0 Å². The van der Waals surface area contributed by atoms with E-state index in [9.17, 15) is 0 Å². The van der Waals surface area contributed by atoms with Crippen molar-refractivity contribution in [1.82, 2.24) is 9.97 Å². The lowest BCUT2D eigenvalue weighted by Gasteiger charge is -2.14. The lowest BCUT2D eigenvalue weighted by atomic mass is 10.0. The van der Waals surface area contributed by atoms with Crippen LogP contribution in [-0.4, -0.2) is 16.0 Å². The number of nitrogens with one attached hydrogen (secondary N) is 1. The zero-order valence-corrected chi connectivity index (χ0v) is 19.4. The van der Waals surface area contributed by atoms with Crippen LogP contribution in [0.15, 0.2) is 71.9 Å². The first-order valence-corrected chi connectivity index (χ1v) is 11.3. The molecule has 0 spiro atoms. The fourth-order valence-corrected chi connectivity index (χ4v) is 3.66. The van der Waals surface area contributed by atoms with Crippen LogP contribution in [0.25, 0.3) is 16.5 Å². The van der Waals surface area contributed by atoms with Crippen molar-refractivity contribution in [2.24, 2.45) is 0 Å². The fourth-order valence-electron chi connectivity index (χ4n) is 3.51. The van der Waals surface area contributed by atoms with Crippen LogP contribution in [0.4, 0.5) is 5.82 Å². The predicted molar refractivity (Wildman–Crippen MR) is 136 cm³/mol. The molecule has 1 aliphatic carbocycles. The van der Waals surface area contributed by atoms with Crippen molar-refractivity contribution in [2.45, 2.75) is 39.7 Å². The van der Waals surface area contributed by atoms with Crippen molar-refractivity contribution < 1.29 is 0 Å². The van der Waals surface area contributed by atoms with Gasteiger partial charge in [-0.25, -0.2) is 9.97 Å². The van der Waals surface area contributed by atoms with E-state index in [-0.39, 0.29) is 0 Å². The number of hydrogen-bond donors (Lipinski definition) is 1. The quantitative estimate of drug-likeness (QED) is 0.444. The standard InChI is InChI=1S/C28H26ClN3/c1-4-20(3)31-28-16-19(2)26-17-21(9-15-27(26)32-28)8-13-25-14-11-23(18-30-25)22-6-5-7-24(29)12-10-22/h5,7,9-12,14-18,20H,4,6H2,1-3H3,(H,31,32). The van der Waals surface area contributed by atoms with Gasteiger partial charge in [0.25, 0.3) is 0 Å². The van der Waals surface area contributed by atoms with E-state index in [1.165, 1.54) is 11.1 Å². The first kappa shape index (κ1) is 21.9. The highest BCUT2D eigenvalue weighted by atomic mass is 35.5. The largest absolute Gasteiger partial charge is 0.368 e. The summed E-state index contributed by atoms with van der Waals surface area (Å²) < 4.78 is 0. The molecule has 2 aromatic heterocycles. The number of rotatable bonds is 4. The Balaban J connectivity index is 1.54. The molecule has 0 fully saturated rings. The fraction of sp³-hybridized carbons (Fsp3) is 0.214. The summed E-state index contributed by atoms with van der Waals surface area (Å²) in [7, 11) is 0. The second-order valence-electron chi connectivity index (χ2n) is 8.04. The summed E-state index contributed by atoms with van der Waals surface area (Å²) in [5.41, 5.74) is 6.12. The van der Waals surface area contributed by atoms with Crippen LogP contribution in [0.2, 0.25) is 0 Å². The highest BCUT2D eigenvalue weighted by molar-refractivity contribution is 6.31. The SMILES string of the molecule is CCC(C)Nc1cc(C)c2cc(C#Cc3ccc(C4=CC=C(Cl)C=CC4)cn3)ccc2n1. The van der Waals surface area contributed by atoms with Gasteiger partial charge in [0.05, 0.1) is 5.52 Å². The van der Waals surface area contributed by atoms with Gasteiger partial charge in [-0.1, -0.05) is 42.7 Å². The summed E-state index contributed by atoms with van der Waals surface area (Å²) in [6.07, 6.45) is 11.7. The second-order valence-corrected chi connectivity index (χ2v) is 8.48. The van der Waals surface area contributed by atoms with Crippen LogP contribution < -0.4 is 5.32 Å². The van der Waals surface area contributed by atoms with E-state index in [0.29, 0.717) is 6.04 Å². The van der Waals surface area contributed by atoms with E-state index in [1.54, 1.807) is 0 Å². The summed E-state index contributed by atoms with van der Waals surface area (Å²) in [5, 5.41) is 5.31. The molecular weight excluding hydrogens is 414 g/mol. The van der Waals surface area contributed by atoms with Gasteiger partial charge in [0.1, 0.15) is 11.5 Å². The van der Waals surface area contributed by atoms with Gasteiger partial charge in [-0.2, -0.15) is 0 Å². The lowest BCUT2D eigenvalue weighted by molar-refractivity contribution is 0.760. The number of halogens is 1. The zero-order valence-electron chi connectivity index (χ0n) is 18.6. The molecule has 1 aromatic carbocycles. The van der Waals surface area contributed by atoms with E-state index in [0.717, 1.165) is 51.4 Å². The van der Waals surface area contributed by atoms with E-state index < -0.39 is 0 Å². The van der Waals surface area contributed by atoms with E-state index >= 15 is 0 Å². The Morgan fingerprint density at radius 1 is 1.12 bits per heavy atom. The molecule has 0 saturated carbocycles. The smallest absolute Gasteiger partial charge is 0.127 e. The minimum atomic E-state index is 0.396. The number of aryl methyl sites for hydroxylation is 1. The molecule has 3 aromatic rings. The first-order valence-electron chi connectivity index (χ1n) is 10.9. The molecule has 1 atom stereocenters. The molecule has 4 heteroatoms. The summed E-state index contributed by atoms with van der Waals surface area (Å²) >= 11 is 6.07. The van der Waals surface area contributed by atoms with Gasteiger partial charge in [0.15, 0.2) is 0 Å². The van der Waals surface area contributed by atoms with Crippen LogP contribution in [0.3, 0.4) is 0 Å². The van der Waals surface area contributed by atoms with Crippen LogP contribution in [0.1, 0.15) is 49.1 Å². The van der Waals surface area contributed by atoms with Crippen LogP contribution >= 0.6 is 11.6 Å². The number of aromatic nitrogens is 2. The lowest BCUT2D eigenvalue weighted by Crippen LogP contribution is -2.14. The Hall–Kier alpha value is -3.35. The maximum Gasteiger partial charge on any atom is 0.127 e. The average Bonchev–Trinajstić information content (AvgIpc) is 3.02. The Kier molecular flexibility index (Phi) is 6.73. The number of benzene rings is 1. The molecule has 0 radical (unpaired) electrons. The minimum absolute atomic E-state index is 0.396. The second kappa shape index (κ2) is 9.85. The predicted octanol–water partition coefficient (Wildman–Crippen LogP) is 7.01. The van der Waals surface area contributed by atoms with Crippen molar-refractivity contribution in [2.75, 3.05) is 5.32 Å². The third-order valence-electron chi connectivity index (χ3n) is 5.55. The highest BCUT2D eigenvalue weighted by Gasteiger charge is 2.06. The van der Waals surface area contributed by atoms with Crippen LogP contribution in [-0.2, 0) is 0 Å². The molecule has 0 amide bonds. The molecule has 0 aliphatic heterocycles. The minimum Gasteiger partial charge on any atom is -0.368 e. The summed E-state index contributed by atoms with van der Waals surface area (Å²) in [6, 6.07) is 12.7. The first-order chi connectivity index (χ1) is 15.5. The molecule has 1 unspecified atom stereocenters. The van der Waals surface area contributed by atoms with Crippen molar-refractivity contribution in [3.05, 3.63) is 94.3 Å². The number of allylic oxidation sites excluding steroid dienone is 6. The van der Waals surface area contributed by atoms with Gasteiger partial charge >= 0.3 is 0 Å². The molecule has 0 saturated heterocycles. The van der Waals surface area contributed by atoms with Crippen LogP contribution in [0, 0.1) is 18.8 Å². The van der Waals surface area contributed by atoms with Gasteiger partial charge in [-0.3, -0.25) is 0 Å². The third-order valence-corrected chi connectivity index (χ3v) is 5.80. The van der Waals surface area contributed by atoms with E-state index in [2.05, 4.69) is 67.2 Å². The van der Waals surface area contributed by atoms with E-state index in [4.69, 9.17) is 16.6 Å². The van der Waals surface area contributed by atoms with Crippen molar-refractivity contribution in [3.8, 4) is 11.8 Å². The Morgan fingerprint density at radius 3 is 2.78 bits per heavy atom. The summed E-state index contributed by atoms with van der Waals surface area (Å²) in [4.78, 5) is 9.29. The third kappa shape index (κ3) is 5.28. The zero-order chi connectivity index (χ0) is 22.5. The normalized spacial score (nSPS) is 14.1. The molecule has 4 rings (SSSR count). The molecule has 2 heterocycles. The number of pyridine rings is 2. The van der Waals surface area contributed by atoms with Gasteiger partial charge in [0, 0.05) is 28.2 Å². The number of anilines is 1. The molecule has 1 aliphatic rings. The van der Waals surface area contributed by atoms with Crippen molar-refractivity contribution >= 4 is 33.9 Å². The topological polar surface area (TPSA) is 37.8 Å². The summed E-state index contributed by atoms with van der Waals surface area (Å²) in [6.45, 7) is 6.44. The number of fused-ring (bicyclic) bond motifs is 1. The molecular formula is C28H26ClN3. The maximum absolute atomic E-state index is 6.07. The molecule has 160 valence electrons. The molecule has 0 bridgehead atoms. The Bertz CT molecular complexity index is 1290. The molecule has 3 nitrogen and oxygen atoms in total. The average molecular weight is 440 g/mol. The molecule has 1 N–H and O–H groups in total. The van der Waals surface area contributed by atoms with Gasteiger partial charge < -0.3 is 5.32 Å². The Labute approximate surface area is 194 Å². The van der Waals surface area contributed by atoms with Crippen molar-refractivity contribution in [1.29, 1.82) is 0 Å². The molecule has 32 heavy (non-hydrogen) atoms. The van der Waals surface area contributed by atoms with Crippen LogP contribution in [0.5, 0.6) is 0 Å².